The molecule has 1 aromatic carbocycles. The lowest BCUT2D eigenvalue weighted by atomic mass is 10.1. The molecule has 5 nitrogen and oxygen atoms in total. The van der Waals surface area contributed by atoms with E-state index < -0.39 is 0 Å². The fourth-order valence-electron chi connectivity index (χ4n) is 3.12. The van der Waals surface area contributed by atoms with Crippen LogP contribution in [0.1, 0.15) is 42.9 Å². The van der Waals surface area contributed by atoms with Crippen LogP contribution in [-0.4, -0.2) is 32.9 Å². The Kier molecular flexibility index (Phi) is 5.79. The minimum Gasteiger partial charge on any atom is -0.341 e. The molecule has 25 heavy (non-hydrogen) atoms. The molecule has 0 amide bonds. The van der Waals surface area contributed by atoms with Crippen LogP contribution in [0.15, 0.2) is 42.6 Å². The predicted octanol–water partition coefficient (Wildman–Crippen LogP) is 3.57. The molecule has 2 heterocycles. The molecule has 2 aromatic heterocycles. The van der Waals surface area contributed by atoms with Crippen LogP contribution in [0.3, 0.4) is 0 Å². The fraction of sp³-hybridized carbons (Fsp3) is 0.400. The van der Waals surface area contributed by atoms with E-state index in [1.165, 1.54) is 5.56 Å². The number of nitrogens with zero attached hydrogens (tertiary/aromatic N) is 3. The van der Waals surface area contributed by atoms with E-state index in [0.717, 1.165) is 55.0 Å². The topological polar surface area (TPSA) is 70.8 Å². The molecule has 0 bridgehead atoms. The lowest BCUT2D eigenvalue weighted by Gasteiger charge is -2.28. The van der Waals surface area contributed by atoms with E-state index in [1.54, 1.807) is 0 Å². The van der Waals surface area contributed by atoms with Crippen LogP contribution >= 0.6 is 0 Å². The molecule has 0 saturated carbocycles. The zero-order chi connectivity index (χ0) is 17.6. The summed E-state index contributed by atoms with van der Waals surface area (Å²) in [6.07, 6.45) is 4.00. The molecule has 3 N–H and O–H groups in total. The quantitative estimate of drug-likeness (QED) is 0.617. The maximum absolute atomic E-state index is 5.68. The van der Waals surface area contributed by atoms with Crippen LogP contribution < -0.4 is 5.73 Å². The van der Waals surface area contributed by atoms with Gasteiger partial charge in [-0.05, 0) is 69.6 Å². The van der Waals surface area contributed by atoms with Crippen molar-refractivity contribution in [1.29, 1.82) is 0 Å². The highest BCUT2D eigenvalue weighted by Gasteiger charge is 2.18. The van der Waals surface area contributed by atoms with Crippen LogP contribution in [0.4, 0.5) is 0 Å². The average Bonchev–Trinajstić information content (AvgIpc) is 3.03. The molecule has 3 rings (SSSR count). The average molecular weight is 337 g/mol. The van der Waals surface area contributed by atoms with E-state index in [2.05, 4.69) is 40.8 Å². The highest BCUT2D eigenvalue weighted by Crippen LogP contribution is 2.22. The lowest BCUT2D eigenvalue weighted by Crippen LogP contribution is -2.29. The van der Waals surface area contributed by atoms with Crippen molar-refractivity contribution in [3.05, 3.63) is 59.7 Å². The van der Waals surface area contributed by atoms with Crippen molar-refractivity contribution >= 4 is 11.0 Å². The van der Waals surface area contributed by atoms with Gasteiger partial charge < -0.3 is 10.7 Å². The third-order valence-electron chi connectivity index (χ3n) is 4.60. The van der Waals surface area contributed by atoms with Gasteiger partial charge in [-0.3, -0.25) is 9.88 Å². The maximum atomic E-state index is 5.68. The molecule has 0 saturated heterocycles. The summed E-state index contributed by atoms with van der Waals surface area (Å²) in [5.74, 6) is 0.994. The highest BCUT2D eigenvalue weighted by molar-refractivity contribution is 5.74. The van der Waals surface area contributed by atoms with Crippen molar-refractivity contribution in [3.63, 3.8) is 0 Å². The van der Waals surface area contributed by atoms with E-state index in [9.17, 15) is 0 Å². The lowest BCUT2D eigenvalue weighted by molar-refractivity contribution is 0.190. The Morgan fingerprint density at radius 3 is 2.80 bits per heavy atom. The van der Waals surface area contributed by atoms with Crippen molar-refractivity contribution < 1.29 is 0 Å². The third-order valence-corrected chi connectivity index (χ3v) is 4.60. The first-order valence-electron chi connectivity index (χ1n) is 8.97. The van der Waals surface area contributed by atoms with Crippen molar-refractivity contribution in [2.24, 2.45) is 5.73 Å². The van der Waals surface area contributed by atoms with Crippen LogP contribution in [0.2, 0.25) is 0 Å². The predicted molar refractivity (Wildman–Crippen MR) is 102 cm³/mol. The minimum absolute atomic E-state index is 0.228. The van der Waals surface area contributed by atoms with Gasteiger partial charge in [-0.25, -0.2) is 4.98 Å². The number of pyridine rings is 1. The number of hydrogen-bond donors (Lipinski definition) is 2. The zero-order valence-electron chi connectivity index (χ0n) is 15.1. The Bertz CT molecular complexity index is 777. The molecule has 0 aliphatic carbocycles. The number of para-hydroxylation sites is 2. The Morgan fingerprint density at radius 1 is 1.20 bits per heavy atom. The molecule has 3 aromatic rings. The number of unbranched alkanes of at least 4 members (excludes halogenated alkanes) is 1. The molecule has 1 unspecified atom stereocenters. The largest absolute Gasteiger partial charge is 0.341 e. The number of nitrogens with one attached hydrogen (secondary N) is 1. The third kappa shape index (κ3) is 4.44. The molecular formula is C20H27N5. The smallest absolute Gasteiger partial charge is 0.121 e. The first-order chi connectivity index (χ1) is 12.2. The summed E-state index contributed by atoms with van der Waals surface area (Å²) in [5, 5.41) is 0. The van der Waals surface area contributed by atoms with Crippen molar-refractivity contribution in [2.45, 2.75) is 39.3 Å². The van der Waals surface area contributed by atoms with Gasteiger partial charge in [-0.15, -0.1) is 0 Å². The Morgan fingerprint density at radius 2 is 2.04 bits per heavy atom. The van der Waals surface area contributed by atoms with Gasteiger partial charge in [0.2, 0.25) is 0 Å². The van der Waals surface area contributed by atoms with Crippen molar-refractivity contribution in [2.75, 3.05) is 13.1 Å². The second-order valence-corrected chi connectivity index (χ2v) is 6.60. The molecule has 0 fully saturated rings. The first-order valence-corrected chi connectivity index (χ1v) is 8.97. The number of fused-ring (bicyclic) bond motifs is 1. The van der Waals surface area contributed by atoms with E-state index in [1.807, 2.05) is 30.5 Å². The number of aromatic amines is 1. The van der Waals surface area contributed by atoms with Crippen LogP contribution in [0.5, 0.6) is 0 Å². The van der Waals surface area contributed by atoms with Gasteiger partial charge in [0.25, 0.3) is 0 Å². The number of nitrogens with two attached hydrogens (primary N) is 1. The van der Waals surface area contributed by atoms with Gasteiger partial charge >= 0.3 is 0 Å². The van der Waals surface area contributed by atoms with Crippen LogP contribution in [0.25, 0.3) is 11.0 Å². The molecule has 0 spiro atoms. The van der Waals surface area contributed by atoms with Gasteiger partial charge in [-0.2, -0.15) is 0 Å². The summed E-state index contributed by atoms with van der Waals surface area (Å²) in [7, 11) is 0. The Balaban J connectivity index is 1.80. The number of aromatic nitrogens is 3. The molecule has 0 aliphatic rings. The molecule has 132 valence electrons. The number of H-pyrrole nitrogens is 1. The van der Waals surface area contributed by atoms with Crippen LogP contribution in [0, 0.1) is 6.92 Å². The standard InChI is InChI=1S/C20H27N5/c1-15-9-11-22-19(13-15)16(2)25(12-6-5-10-21)14-20-23-17-7-3-4-8-18(17)24-20/h3-4,7-9,11,13,16H,5-6,10,12,14,21H2,1-2H3,(H,23,24). The number of imidazole rings is 1. The summed E-state index contributed by atoms with van der Waals surface area (Å²) < 4.78 is 0. The van der Waals surface area contributed by atoms with Gasteiger partial charge in [-0.1, -0.05) is 12.1 Å². The molecule has 1 atom stereocenters. The summed E-state index contributed by atoms with van der Waals surface area (Å²) >= 11 is 0. The first kappa shape index (κ1) is 17.6. The van der Waals surface area contributed by atoms with Gasteiger partial charge in [0.05, 0.1) is 23.3 Å². The fourth-order valence-corrected chi connectivity index (χ4v) is 3.12. The highest BCUT2D eigenvalue weighted by atomic mass is 15.2. The normalized spacial score (nSPS) is 12.8. The second kappa shape index (κ2) is 8.23. The maximum Gasteiger partial charge on any atom is 0.121 e. The SMILES string of the molecule is Cc1ccnc(C(C)N(CCCCN)Cc2nc3ccccc3[nH]2)c1. The molecule has 0 radical (unpaired) electrons. The molecule has 0 aliphatic heterocycles. The number of rotatable bonds is 8. The minimum atomic E-state index is 0.228. The Labute approximate surface area is 149 Å². The summed E-state index contributed by atoms with van der Waals surface area (Å²) in [5.41, 5.74) is 10.1. The Hall–Kier alpha value is -2.24. The van der Waals surface area contributed by atoms with Crippen molar-refractivity contribution in [1.82, 2.24) is 19.9 Å². The monoisotopic (exact) mass is 337 g/mol. The van der Waals surface area contributed by atoms with Crippen molar-refractivity contribution in [3.8, 4) is 0 Å². The van der Waals surface area contributed by atoms with E-state index in [0.29, 0.717) is 0 Å². The van der Waals surface area contributed by atoms with E-state index in [4.69, 9.17) is 10.7 Å². The number of hydrogen-bond acceptors (Lipinski definition) is 4. The summed E-state index contributed by atoms with van der Waals surface area (Å²) in [6, 6.07) is 12.6. The summed E-state index contributed by atoms with van der Waals surface area (Å²) in [4.78, 5) is 15.2. The second-order valence-electron chi connectivity index (χ2n) is 6.60. The van der Waals surface area contributed by atoms with Gasteiger partial charge in [0.15, 0.2) is 0 Å². The molecule has 5 heteroatoms. The van der Waals surface area contributed by atoms with E-state index in [-0.39, 0.29) is 6.04 Å². The summed E-state index contributed by atoms with van der Waals surface area (Å²) in [6.45, 7) is 6.80. The van der Waals surface area contributed by atoms with Gasteiger partial charge in [0.1, 0.15) is 5.82 Å². The molecular weight excluding hydrogens is 310 g/mol. The number of aryl methyl sites for hydroxylation is 1. The van der Waals surface area contributed by atoms with Crippen LogP contribution in [-0.2, 0) is 6.54 Å². The van der Waals surface area contributed by atoms with E-state index >= 15 is 0 Å². The van der Waals surface area contributed by atoms with Gasteiger partial charge in [0, 0.05) is 12.2 Å². The zero-order valence-corrected chi connectivity index (χ0v) is 15.1. The number of benzene rings is 1.